The average molecular weight is 489 g/mol. The fourth-order valence-electron chi connectivity index (χ4n) is 4.13. The molecular formula is C22H21BrN2O4S. The summed E-state index contributed by atoms with van der Waals surface area (Å²) in [6.45, 7) is 5.60. The molecule has 2 aromatic rings. The van der Waals surface area contributed by atoms with E-state index in [1.165, 1.54) is 0 Å². The SMILES string of the molecule is C=CCOC(=O)[C@H]1[C@H]2NC(=S)N(c3cccc(Br)c3)[C@@]1(C)Oc1c(OC)cccc12. The zero-order valence-electron chi connectivity index (χ0n) is 16.6. The van der Waals surface area contributed by atoms with Crippen LogP contribution in [-0.4, -0.2) is 30.5 Å². The smallest absolute Gasteiger partial charge is 0.317 e. The van der Waals surface area contributed by atoms with Gasteiger partial charge >= 0.3 is 5.97 Å². The van der Waals surface area contributed by atoms with Gasteiger partial charge in [0, 0.05) is 15.7 Å². The Bertz CT molecular complexity index is 1030. The first-order valence-corrected chi connectivity index (χ1v) is 10.6. The number of anilines is 1. The minimum Gasteiger partial charge on any atom is -0.493 e. The Morgan fingerprint density at radius 1 is 1.40 bits per heavy atom. The molecule has 4 rings (SSSR count). The number of nitrogens with one attached hydrogen (secondary N) is 1. The van der Waals surface area contributed by atoms with E-state index in [1.54, 1.807) is 13.2 Å². The van der Waals surface area contributed by atoms with Gasteiger partial charge in [-0.1, -0.05) is 46.8 Å². The lowest BCUT2D eigenvalue weighted by Crippen LogP contribution is -2.71. The van der Waals surface area contributed by atoms with Gasteiger partial charge < -0.3 is 19.5 Å². The maximum absolute atomic E-state index is 13.2. The van der Waals surface area contributed by atoms with Gasteiger partial charge in [0.25, 0.3) is 0 Å². The molecular weight excluding hydrogens is 468 g/mol. The lowest BCUT2D eigenvalue weighted by Gasteiger charge is -2.55. The average Bonchev–Trinajstić information content (AvgIpc) is 2.71. The van der Waals surface area contributed by atoms with Crippen molar-refractivity contribution in [1.82, 2.24) is 5.32 Å². The lowest BCUT2D eigenvalue weighted by molar-refractivity contribution is -0.159. The Balaban J connectivity index is 1.90. The summed E-state index contributed by atoms with van der Waals surface area (Å²) >= 11 is 9.22. The number of para-hydroxylation sites is 1. The third-order valence-corrected chi connectivity index (χ3v) is 6.17. The second kappa shape index (κ2) is 7.92. The fraction of sp³-hybridized carbons (Fsp3) is 0.273. The van der Waals surface area contributed by atoms with Crippen LogP contribution in [0.3, 0.4) is 0 Å². The number of ether oxygens (including phenoxy) is 3. The number of hydrogen-bond acceptors (Lipinski definition) is 5. The van der Waals surface area contributed by atoms with E-state index in [2.05, 4.69) is 27.8 Å². The summed E-state index contributed by atoms with van der Waals surface area (Å²) in [5, 5.41) is 3.80. The minimum atomic E-state index is -1.15. The molecule has 2 aliphatic heterocycles. The standard InChI is InChI=1S/C22H21BrN2O4S/c1-4-11-28-20(26)17-18-15-9-6-10-16(27-3)19(15)29-22(17,2)25(21(30)24-18)14-8-5-7-13(23)12-14/h4-10,12,17-18H,1,11H2,2-3H3,(H,24,30)/t17-,18+,22+/m1/s1. The Hall–Kier alpha value is -2.58. The molecule has 0 saturated carbocycles. The molecule has 1 fully saturated rings. The first kappa shape index (κ1) is 20.7. The predicted molar refractivity (Wildman–Crippen MR) is 122 cm³/mol. The number of fused-ring (bicyclic) bond motifs is 4. The summed E-state index contributed by atoms with van der Waals surface area (Å²) in [5.74, 6) is 0.0781. The summed E-state index contributed by atoms with van der Waals surface area (Å²) in [7, 11) is 1.59. The highest BCUT2D eigenvalue weighted by molar-refractivity contribution is 9.10. The van der Waals surface area contributed by atoms with Crippen molar-refractivity contribution in [3.63, 3.8) is 0 Å². The fourth-order valence-corrected chi connectivity index (χ4v) is 4.93. The predicted octanol–water partition coefficient (Wildman–Crippen LogP) is 4.35. The van der Waals surface area contributed by atoms with Gasteiger partial charge in [0.1, 0.15) is 12.5 Å². The largest absolute Gasteiger partial charge is 0.493 e. The normalized spacial score (nSPS) is 24.2. The Morgan fingerprint density at radius 3 is 2.87 bits per heavy atom. The number of hydrogen-bond donors (Lipinski definition) is 1. The van der Waals surface area contributed by atoms with E-state index in [1.807, 2.05) is 54.3 Å². The number of thiocarbonyl (C=S) groups is 1. The molecule has 30 heavy (non-hydrogen) atoms. The van der Waals surface area contributed by atoms with Crippen LogP contribution in [-0.2, 0) is 9.53 Å². The number of methoxy groups -OCH3 is 1. The Labute approximate surface area is 188 Å². The van der Waals surface area contributed by atoms with Crippen molar-refractivity contribution in [1.29, 1.82) is 0 Å². The van der Waals surface area contributed by atoms with Crippen molar-refractivity contribution < 1.29 is 19.0 Å². The van der Waals surface area contributed by atoms with Gasteiger partial charge in [-0.3, -0.25) is 9.69 Å². The summed E-state index contributed by atoms with van der Waals surface area (Å²) in [4.78, 5) is 15.0. The van der Waals surface area contributed by atoms with E-state index in [-0.39, 0.29) is 6.61 Å². The summed E-state index contributed by atoms with van der Waals surface area (Å²) in [6.07, 6.45) is 1.54. The Morgan fingerprint density at radius 2 is 2.17 bits per heavy atom. The van der Waals surface area contributed by atoms with Crippen LogP contribution in [0.25, 0.3) is 0 Å². The van der Waals surface area contributed by atoms with E-state index < -0.39 is 23.7 Å². The van der Waals surface area contributed by atoms with Crippen LogP contribution in [0.15, 0.2) is 59.6 Å². The quantitative estimate of drug-likeness (QED) is 0.381. The molecule has 1 N–H and O–H groups in total. The molecule has 0 unspecified atom stereocenters. The first-order chi connectivity index (χ1) is 14.4. The molecule has 8 heteroatoms. The van der Waals surface area contributed by atoms with Crippen LogP contribution in [0.4, 0.5) is 5.69 Å². The van der Waals surface area contributed by atoms with Crippen LogP contribution in [0.1, 0.15) is 18.5 Å². The number of halogens is 1. The molecule has 3 atom stereocenters. The molecule has 0 aliphatic carbocycles. The van der Waals surface area contributed by atoms with Crippen molar-refractivity contribution >= 4 is 44.9 Å². The van der Waals surface area contributed by atoms with E-state index >= 15 is 0 Å². The number of rotatable bonds is 5. The van der Waals surface area contributed by atoms with Crippen LogP contribution >= 0.6 is 28.1 Å². The molecule has 0 amide bonds. The number of carbonyl (C=O) groups is 1. The molecule has 1 saturated heterocycles. The summed E-state index contributed by atoms with van der Waals surface area (Å²) in [5.41, 5.74) is 0.430. The van der Waals surface area contributed by atoms with Gasteiger partial charge in [0.2, 0.25) is 5.72 Å². The lowest BCUT2D eigenvalue weighted by atomic mass is 9.79. The van der Waals surface area contributed by atoms with Crippen LogP contribution in [0, 0.1) is 5.92 Å². The van der Waals surface area contributed by atoms with E-state index in [0.29, 0.717) is 16.6 Å². The molecule has 2 bridgehead atoms. The topological polar surface area (TPSA) is 60.0 Å². The van der Waals surface area contributed by atoms with Gasteiger partial charge in [-0.15, -0.1) is 0 Å². The van der Waals surface area contributed by atoms with E-state index in [0.717, 1.165) is 15.7 Å². The number of nitrogens with zero attached hydrogens (tertiary/aromatic N) is 1. The molecule has 2 aliphatic rings. The van der Waals surface area contributed by atoms with Crippen molar-refractivity contribution in [2.75, 3.05) is 18.6 Å². The molecule has 0 aromatic heterocycles. The maximum atomic E-state index is 13.2. The van der Waals surface area contributed by atoms with Crippen molar-refractivity contribution in [3.05, 3.63) is 65.2 Å². The molecule has 2 heterocycles. The molecule has 6 nitrogen and oxygen atoms in total. The van der Waals surface area contributed by atoms with Gasteiger partial charge in [-0.05, 0) is 43.4 Å². The van der Waals surface area contributed by atoms with Crippen LogP contribution < -0.4 is 19.7 Å². The van der Waals surface area contributed by atoms with Crippen LogP contribution in [0.2, 0.25) is 0 Å². The third-order valence-electron chi connectivity index (χ3n) is 5.37. The molecule has 0 radical (unpaired) electrons. The zero-order valence-corrected chi connectivity index (χ0v) is 19.0. The number of esters is 1. The Kier molecular flexibility index (Phi) is 5.46. The first-order valence-electron chi connectivity index (χ1n) is 9.40. The van der Waals surface area contributed by atoms with Gasteiger partial charge in [0.15, 0.2) is 16.6 Å². The second-order valence-electron chi connectivity index (χ2n) is 7.17. The number of benzene rings is 2. The highest BCUT2D eigenvalue weighted by atomic mass is 79.9. The minimum absolute atomic E-state index is 0.116. The molecule has 156 valence electrons. The second-order valence-corrected chi connectivity index (χ2v) is 8.48. The van der Waals surface area contributed by atoms with E-state index in [4.69, 9.17) is 26.4 Å². The molecule has 2 aromatic carbocycles. The third kappa shape index (κ3) is 3.24. The molecule has 0 spiro atoms. The van der Waals surface area contributed by atoms with Crippen molar-refractivity contribution in [2.24, 2.45) is 5.92 Å². The van der Waals surface area contributed by atoms with Gasteiger partial charge in [-0.25, -0.2) is 0 Å². The van der Waals surface area contributed by atoms with E-state index in [9.17, 15) is 4.79 Å². The zero-order chi connectivity index (χ0) is 21.5. The summed E-state index contributed by atoms with van der Waals surface area (Å²) < 4.78 is 18.4. The monoisotopic (exact) mass is 488 g/mol. The van der Waals surface area contributed by atoms with Crippen molar-refractivity contribution in [3.8, 4) is 11.5 Å². The van der Waals surface area contributed by atoms with Gasteiger partial charge in [0.05, 0.1) is 13.2 Å². The summed E-state index contributed by atoms with van der Waals surface area (Å²) in [6, 6.07) is 12.8. The van der Waals surface area contributed by atoms with Crippen molar-refractivity contribution in [2.45, 2.75) is 18.7 Å². The maximum Gasteiger partial charge on any atom is 0.317 e. The van der Waals surface area contributed by atoms with Gasteiger partial charge in [-0.2, -0.15) is 0 Å². The highest BCUT2D eigenvalue weighted by Gasteiger charge is 2.60. The number of carbonyl (C=O) groups excluding carboxylic acids is 1. The van der Waals surface area contributed by atoms with Crippen LogP contribution in [0.5, 0.6) is 11.5 Å². The highest BCUT2D eigenvalue weighted by Crippen LogP contribution is 2.52.